The first-order valence-corrected chi connectivity index (χ1v) is 12.6. The van der Waals surface area contributed by atoms with Gasteiger partial charge in [-0.15, -0.1) is 0 Å². The molecule has 2 aromatic rings. The number of fused-ring (bicyclic) bond motifs is 2. The van der Waals surface area contributed by atoms with Gasteiger partial charge in [-0.2, -0.15) is 13.2 Å². The number of alkyl halides is 3. The van der Waals surface area contributed by atoms with E-state index in [0.29, 0.717) is 18.7 Å². The lowest BCUT2D eigenvalue weighted by Crippen LogP contribution is -2.56. The fourth-order valence-corrected chi connectivity index (χ4v) is 5.59. The predicted octanol–water partition coefficient (Wildman–Crippen LogP) is 5.94. The molecule has 3 aliphatic heterocycles. The highest BCUT2D eigenvalue weighted by Gasteiger charge is 2.55. The Labute approximate surface area is 212 Å². The zero-order valence-corrected chi connectivity index (χ0v) is 20.4. The van der Waals surface area contributed by atoms with Crippen LogP contribution in [0.5, 0.6) is 0 Å². The molecule has 0 bridgehead atoms. The van der Waals surface area contributed by atoms with Crippen LogP contribution in [0.3, 0.4) is 0 Å². The Morgan fingerprint density at radius 2 is 1.97 bits per heavy atom. The van der Waals surface area contributed by atoms with E-state index in [2.05, 4.69) is 10.5 Å². The Kier molecular flexibility index (Phi) is 6.32. The summed E-state index contributed by atoms with van der Waals surface area (Å²) in [5, 5.41) is 6.33. The average Bonchev–Trinajstić information content (AvgIpc) is 3.36. The van der Waals surface area contributed by atoms with Crippen LogP contribution < -0.4 is 5.32 Å². The standard InChI is InChI=1S/C23H18Cl2F4N2O3S/c1-35-17(32)7-16-12-4-10(2-3-14(12)22(33-16)8-30-9-22)20-18(23(27,28)29)21(34-31-20)13-5-11(24)6-15(25)19(13)26/h2-6,16,18,21,30H,7-9H2,1H3/t16-,18?,21?/m0/s1. The fourth-order valence-electron chi connectivity index (χ4n) is 4.77. The summed E-state index contributed by atoms with van der Waals surface area (Å²) in [5.74, 6) is -3.32. The summed E-state index contributed by atoms with van der Waals surface area (Å²) >= 11 is 12.8. The second-order valence-electron chi connectivity index (χ2n) is 8.60. The lowest BCUT2D eigenvalue weighted by Gasteiger charge is -2.39. The average molecular weight is 549 g/mol. The van der Waals surface area contributed by atoms with Gasteiger partial charge < -0.3 is 14.9 Å². The van der Waals surface area contributed by atoms with Gasteiger partial charge in [-0.05, 0) is 35.6 Å². The first-order chi connectivity index (χ1) is 16.5. The number of hydrogen-bond acceptors (Lipinski definition) is 6. The third-order valence-electron chi connectivity index (χ3n) is 6.50. The molecule has 3 atom stereocenters. The monoisotopic (exact) mass is 548 g/mol. The molecule has 3 aliphatic rings. The van der Waals surface area contributed by atoms with Crippen LogP contribution in [0.25, 0.3) is 0 Å². The van der Waals surface area contributed by atoms with Crippen molar-refractivity contribution >= 4 is 45.8 Å². The number of ether oxygens (including phenoxy) is 1. The maximum atomic E-state index is 14.7. The lowest BCUT2D eigenvalue weighted by molar-refractivity contribution is -0.178. The van der Waals surface area contributed by atoms with Gasteiger partial charge in [-0.1, -0.05) is 52.3 Å². The molecule has 1 spiro atoms. The van der Waals surface area contributed by atoms with E-state index in [9.17, 15) is 22.4 Å². The predicted molar refractivity (Wildman–Crippen MR) is 124 cm³/mol. The van der Waals surface area contributed by atoms with Crippen molar-refractivity contribution in [2.75, 3.05) is 19.3 Å². The van der Waals surface area contributed by atoms with E-state index in [0.717, 1.165) is 29.5 Å². The molecule has 0 saturated carbocycles. The summed E-state index contributed by atoms with van der Waals surface area (Å²) in [6, 6.07) is 6.94. The van der Waals surface area contributed by atoms with Gasteiger partial charge in [0.1, 0.15) is 23.0 Å². The summed E-state index contributed by atoms with van der Waals surface area (Å²) in [5.41, 5.74) is 0.162. The minimum absolute atomic E-state index is 0.0280. The Bertz CT molecular complexity index is 1240. The van der Waals surface area contributed by atoms with Gasteiger partial charge >= 0.3 is 6.18 Å². The van der Waals surface area contributed by atoms with Crippen LogP contribution in [-0.2, 0) is 20.0 Å². The molecule has 0 radical (unpaired) electrons. The summed E-state index contributed by atoms with van der Waals surface area (Å²) in [4.78, 5) is 17.3. The molecule has 0 amide bonds. The van der Waals surface area contributed by atoms with E-state index in [1.165, 1.54) is 6.07 Å². The quantitative estimate of drug-likeness (QED) is 0.378. The molecule has 35 heavy (non-hydrogen) atoms. The summed E-state index contributed by atoms with van der Waals surface area (Å²) in [6.07, 6.45) is -5.47. The van der Waals surface area contributed by atoms with E-state index in [-0.39, 0.29) is 22.1 Å². The van der Waals surface area contributed by atoms with Crippen LogP contribution in [0.1, 0.15) is 40.9 Å². The largest absolute Gasteiger partial charge is 0.401 e. The fraction of sp³-hybridized carbons (Fsp3) is 0.391. The Morgan fingerprint density at radius 1 is 1.23 bits per heavy atom. The topological polar surface area (TPSA) is 59.9 Å². The Balaban J connectivity index is 1.55. The molecule has 1 N–H and O–H groups in total. The summed E-state index contributed by atoms with van der Waals surface area (Å²) in [7, 11) is 0. The van der Waals surface area contributed by atoms with Crippen LogP contribution >= 0.6 is 35.0 Å². The molecule has 5 rings (SSSR count). The van der Waals surface area contributed by atoms with Crippen molar-refractivity contribution in [2.45, 2.75) is 30.4 Å². The maximum Gasteiger partial charge on any atom is 0.401 e. The maximum absolute atomic E-state index is 14.7. The highest BCUT2D eigenvalue weighted by Crippen LogP contribution is 2.50. The smallest absolute Gasteiger partial charge is 0.386 e. The summed E-state index contributed by atoms with van der Waals surface area (Å²) < 4.78 is 63.8. The first-order valence-electron chi connectivity index (χ1n) is 10.6. The minimum Gasteiger partial charge on any atom is -0.386 e. The molecule has 186 valence electrons. The van der Waals surface area contributed by atoms with Crippen LogP contribution in [0.2, 0.25) is 10.0 Å². The zero-order chi connectivity index (χ0) is 25.1. The number of carbonyl (C=O) groups excluding carboxylic acids is 1. The number of halogens is 6. The molecule has 1 fully saturated rings. The van der Waals surface area contributed by atoms with Gasteiger partial charge in [0.2, 0.25) is 0 Å². The number of nitrogens with zero attached hydrogens (tertiary/aromatic N) is 1. The lowest BCUT2D eigenvalue weighted by atomic mass is 9.83. The van der Waals surface area contributed by atoms with Crippen LogP contribution in [0.4, 0.5) is 17.6 Å². The van der Waals surface area contributed by atoms with E-state index < -0.39 is 52.0 Å². The highest BCUT2D eigenvalue weighted by molar-refractivity contribution is 8.13. The van der Waals surface area contributed by atoms with Gasteiger partial charge in [0.05, 0.1) is 11.1 Å². The van der Waals surface area contributed by atoms with Crippen molar-refractivity contribution in [3.05, 3.63) is 68.4 Å². The molecule has 0 aliphatic carbocycles. The van der Waals surface area contributed by atoms with E-state index in [1.54, 1.807) is 18.4 Å². The molecular formula is C23H18Cl2F4N2O3S. The third-order valence-corrected chi connectivity index (χ3v) is 7.61. The van der Waals surface area contributed by atoms with Crippen molar-refractivity contribution in [1.29, 1.82) is 0 Å². The van der Waals surface area contributed by atoms with Crippen molar-refractivity contribution in [1.82, 2.24) is 5.32 Å². The molecule has 2 aromatic carbocycles. The second kappa shape index (κ2) is 8.92. The Hall–Kier alpha value is -1.85. The SMILES string of the molecule is CSC(=O)C[C@@H]1OC2(CNC2)c2ccc(C3=NOC(c4cc(Cl)cc(Cl)c4F)C3C(F)(F)F)cc21. The van der Waals surface area contributed by atoms with Gasteiger partial charge in [-0.25, -0.2) is 4.39 Å². The Morgan fingerprint density at radius 3 is 2.60 bits per heavy atom. The number of oxime groups is 1. The van der Waals surface area contributed by atoms with Gasteiger partial charge in [0.25, 0.3) is 0 Å². The second-order valence-corrected chi connectivity index (χ2v) is 10.3. The number of benzene rings is 2. The van der Waals surface area contributed by atoms with Crippen molar-refractivity contribution < 1.29 is 31.9 Å². The molecule has 1 saturated heterocycles. The molecule has 3 heterocycles. The number of hydrogen-bond donors (Lipinski definition) is 1. The van der Waals surface area contributed by atoms with Crippen molar-refractivity contribution in [3.63, 3.8) is 0 Å². The van der Waals surface area contributed by atoms with E-state index in [1.807, 2.05) is 0 Å². The van der Waals surface area contributed by atoms with Crippen LogP contribution in [0, 0.1) is 11.7 Å². The van der Waals surface area contributed by atoms with Crippen LogP contribution in [-0.4, -0.2) is 36.3 Å². The van der Waals surface area contributed by atoms with Gasteiger partial charge in [-0.3, -0.25) is 4.79 Å². The first kappa shape index (κ1) is 24.8. The van der Waals surface area contributed by atoms with Gasteiger partial charge in [0, 0.05) is 35.7 Å². The number of carbonyl (C=O) groups is 1. The van der Waals surface area contributed by atoms with Crippen LogP contribution in [0.15, 0.2) is 35.5 Å². The van der Waals surface area contributed by atoms with Gasteiger partial charge in [0.15, 0.2) is 11.2 Å². The highest BCUT2D eigenvalue weighted by atomic mass is 35.5. The third kappa shape index (κ3) is 4.23. The molecular weight excluding hydrogens is 531 g/mol. The number of thioether (sulfide) groups is 1. The molecule has 0 aromatic heterocycles. The van der Waals surface area contributed by atoms with Crippen molar-refractivity contribution in [2.24, 2.45) is 11.1 Å². The summed E-state index contributed by atoms with van der Waals surface area (Å²) in [6.45, 7) is 1.07. The molecule has 2 unspecified atom stereocenters. The van der Waals surface area contributed by atoms with E-state index >= 15 is 0 Å². The number of rotatable bonds is 4. The molecule has 5 nitrogen and oxygen atoms in total. The molecule has 12 heteroatoms. The minimum atomic E-state index is -4.82. The van der Waals surface area contributed by atoms with Crippen molar-refractivity contribution in [3.8, 4) is 0 Å². The van der Waals surface area contributed by atoms with E-state index in [4.69, 9.17) is 32.8 Å². The zero-order valence-electron chi connectivity index (χ0n) is 18.1. The number of nitrogens with one attached hydrogen (secondary N) is 1. The normalized spacial score (nSPS) is 24.7.